The maximum absolute atomic E-state index is 9.17. The quantitative estimate of drug-likeness (QED) is 0.907. The van der Waals surface area contributed by atoms with Crippen molar-refractivity contribution in [2.75, 3.05) is 11.9 Å². The molecule has 2 aromatic heterocycles. The summed E-state index contributed by atoms with van der Waals surface area (Å²) in [5, 5.41) is 12.5. The van der Waals surface area contributed by atoms with Crippen molar-refractivity contribution in [2.45, 2.75) is 20.3 Å². The van der Waals surface area contributed by atoms with Gasteiger partial charge >= 0.3 is 0 Å². The zero-order valence-corrected chi connectivity index (χ0v) is 11.4. The Morgan fingerprint density at radius 2 is 2.21 bits per heavy atom. The van der Waals surface area contributed by atoms with Crippen LogP contribution < -0.4 is 5.32 Å². The molecule has 2 aromatic rings. The largest absolute Gasteiger partial charge is 0.383 e. The van der Waals surface area contributed by atoms with Crippen LogP contribution in [0, 0.1) is 25.2 Å². The van der Waals surface area contributed by atoms with Crippen molar-refractivity contribution in [3.05, 3.63) is 41.2 Å². The molecule has 2 heterocycles. The van der Waals surface area contributed by atoms with Crippen molar-refractivity contribution < 1.29 is 0 Å². The molecule has 0 saturated heterocycles. The van der Waals surface area contributed by atoms with Crippen LogP contribution in [0.1, 0.15) is 22.6 Å². The molecule has 2 rings (SSSR count). The molecule has 0 radical (unpaired) electrons. The van der Waals surface area contributed by atoms with E-state index in [1.165, 1.54) is 0 Å². The van der Waals surface area contributed by atoms with E-state index in [0.29, 0.717) is 5.56 Å². The lowest BCUT2D eigenvalue weighted by atomic mass is 10.1. The van der Waals surface area contributed by atoms with E-state index in [4.69, 9.17) is 0 Å². The third-order valence-corrected chi connectivity index (χ3v) is 3.05. The molecule has 0 aliphatic carbocycles. The second-order valence-corrected chi connectivity index (χ2v) is 4.56. The maximum Gasteiger partial charge on any atom is 0.103 e. The van der Waals surface area contributed by atoms with Gasteiger partial charge in [0.2, 0.25) is 0 Å². The normalized spacial score (nSPS) is 10.2. The molecule has 0 amide bonds. The highest BCUT2D eigenvalue weighted by Crippen LogP contribution is 2.18. The minimum absolute atomic E-state index is 0.621. The molecule has 19 heavy (non-hydrogen) atoms. The predicted octanol–water partition coefficient (Wildman–Crippen LogP) is 1.96. The van der Waals surface area contributed by atoms with Crippen LogP contribution >= 0.6 is 0 Å². The number of rotatable bonds is 4. The van der Waals surface area contributed by atoms with E-state index in [-0.39, 0.29) is 0 Å². The molecule has 1 N–H and O–H groups in total. The number of imidazole rings is 1. The minimum atomic E-state index is 0.621. The van der Waals surface area contributed by atoms with Gasteiger partial charge < -0.3 is 9.88 Å². The SMILES string of the molecule is Cc1cc(NCCc2cncn2C)c(C#N)c(C)n1. The Bertz CT molecular complexity index is 621. The molecule has 5 nitrogen and oxygen atoms in total. The van der Waals surface area contributed by atoms with Gasteiger partial charge in [-0.15, -0.1) is 0 Å². The van der Waals surface area contributed by atoms with Gasteiger partial charge in [0.05, 0.1) is 23.3 Å². The van der Waals surface area contributed by atoms with Crippen molar-refractivity contribution in [3.8, 4) is 6.07 Å². The smallest absolute Gasteiger partial charge is 0.103 e. The first-order valence-electron chi connectivity index (χ1n) is 6.19. The van der Waals surface area contributed by atoms with E-state index in [9.17, 15) is 5.26 Å². The Morgan fingerprint density at radius 1 is 1.42 bits per heavy atom. The van der Waals surface area contributed by atoms with Gasteiger partial charge in [-0.25, -0.2) is 4.98 Å². The molecule has 0 aliphatic rings. The van der Waals surface area contributed by atoms with Crippen LogP contribution in [-0.2, 0) is 13.5 Å². The van der Waals surface area contributed by atoms with E-state index in [0.717, 1.165) is 35.7 Å². The van der Waals surface area contributed by atoms with Crippen molar-refractivity contribution >= 4 is 5.69 Å². The monoisotopic (exact) mass is 255 g/mol. The van der Waals surface area contributed by atoms with Crippen LogP contribution in [0.4, 0.5) is 5.69 Å². The first-order valence-corrected chi connectivity index (χ1v) is 6.19. The summed E-state index contributed by atoms with van der Waals surface area (Å²) in [6.45, 7) is 4.55. The molecule has 0 bridgehead atoms. The molecular weight excluding hydrogens is 238 g/mol. The summed E-state index contributed by atoms with van der Waals surface area (Å²) in [4.78, 5) is 8.38. The summed E-state index contributed by atoms with van der Waals surface area (Å²) in [7, 11) is 1.98. The minimum Gasteiger partial charge on any atom is -0.383 e. The number of hydrogen-bond donors (Lipinski definition) is 1. The molecule has 5 heteroatoms. The topological polar surface area (TPSA) is 66.5 Å². The standard InChI is InChI=1S/C14H17N5/c1-10-6-14(13(7-15)11(2)18-10)17-5-4-12-8-16-9-19(12)3/h6,8-9H,4-5H2,1-3H3,(H,17,18). The van der Waals surface area contributed by atoms with Gasteiger partial charge in [0.15, 0.2) is 0 Å². The lowest BCUT2D eigenvalue weighted by Gasteiger charge is -2.10. The number of hydrogen-bond acceptors (Lipinski definition) is 4. The Balaban J connectivity index is 2.08. The fraction of sp³-hybridized carbons (Fsp3) is 0.357. The number of nitriles is 1. The number of aryl methyl sites for hydroxylation is 3. The van der Waals surface area contributed by atoms with E-state index in [2.05, 4.69) is 21.4 Å². The fourth-order valence-electron chi connectivity index (χ4n) is 2.06. The van der Waals surface area contributed by atoms with Crippen molar-refractivity contribution in [2.24, 2.45) is 7.05 Å². The second-order valence-electron chi connectivity index (χ2n) is 4.56. The van der Waals surface area contributed by atoms with Crippen molar-refractivity contribution in [1.82, 2.24) is 14.5 Å². The van der Waals surface area contributed by atoms with Gasteiger partial charge in [0.25, 0.3) is 0 Å². The number of aromatic nitrogens is 3. The van der Waals surface area contributed by atoms with Crippen LogP contribution in [0.25, 0.3) is 0 Å². The Morgan fingerprint density at radius 3 is 2.84 bits per heavy atom. The van der Waals surface area contributed by atoms with Crippen LogP contribution in [0.15, 0.2) is 18.6 Å². The Kier molecular flexibility index (Phi) is 3.81. The van der Waals surface area contributed by atoms with Crippen LogP contribution in [-0.4, -0.2) is 21.1 Å². The molecule has 0 aromatic carbocycles. The van der Waals surface area contributed by atoms with Gasteiger partial charge in [-0.3, -0.25) is 4.98 Å². The van der Waals surface area contributed by atoms with Crippen molar-refractivity contribution in [1.29, 1.82) is 5.26 Å². The molecule has 0 unspecified atom stereocenters. The highest BCUT2D eigenvalue weighted by molar-refractivity contribution is 5.59. The predicted molar refractivity (Wildman–Crippen MR) is 73.8 cm³/mol. The third-order valence-electron chi connectivity index (χ3n) is 3.05. The van der Waals surface area contributed by atoms with E-state index >= 15 is 0 Å². The lowest BCUT2D eigenvalue weighted by molar-refractivity contribution is 0.816. The molecule has 0 aliphatic heterocycles. The summed E-state index contributed by atoms with van der Waals surface area (Å²) in [5.74, 6) is 0. The van der Waals surface area contributed by atoms with Crippen LogP contribution in [0.2, 0.25) is 0 Å². The van der Waals surface area contributed by atoms with Gasteiger partial charge in [0, 0.05) is 37.6 Å². The fourth-order valence-corrected chi connectivity index (χ4v) is 2.06. The summed E-state index contributed by atoms with van der Waals surface area (Å²) >= 11 is 0. The first kappa shape index (κ1) is 13.1. The maximum atomic E-state index is 9.17. The molecule has 98 valence electrons. The molecule has 0 spiro atoms. The van der Waals surface area contributed by atoms with Gasteiger partial charge in [-0.05, 0) is 19.9 Å². The Labute approximate surface area is 112 Å². The average molecular weight is 255 g/mol. The average Bonchev–Trinajstić information content (AvgIpc) is 2.75. The summed E-state index contributed by atoms with van der Waals surface area (Å²) < 4.78 is 2.00. The third kappa shape index (κ3) is 2.91. The van der Waals surface area contributed by atoms with E-state index in [1.54, 1.807) is 6.33 Å². The zero-order chi connectivity index (χ0) is 13.8. The van der Waals surface area contributed by atoms with Crippen molar-refractivity contribution in [3.63, 3.8) is 0 Å². The van der Waals surface area contributed by atoms with E-state index in [1.807, 2.05) is 37.7 Å². The molecular formula is C14H17N5. The lowest BCUT2D eigenvalue weighted by Crippen LogP contribution is -2.09. The summed E-state index contributed by atoms with van der Waals surface area (Å²) in [6.07, 6.45) is 4.51. The van der Waals surface area contributed by atoms with Crippen LogP contribution in [0.5, 0.6) is 0 Å². The molecule has 0 saturated carbocycles. The highest BCUT2D eigenvalue weighted by atomic mass is 15.0. The number of nitrogens with one attached hydrogen (secondary N) is 1. The van der Waals surface area contributed by atoms with Gasteiger partial charge in [0.1, 0.15) is 6.07 Å². The first-order chi connectivity index (χ1) is 9.11. The van der Waals surface area contributed by atoms with E-state index < -0.39 is 0 Å². The van der Waals surface area contributed by atoms with Gasteiger partial charge in [-0.2, -0.15) is 5.26 Å². The Hall–Kier alpha value is -2.35. The summed E-state index contributed by atoms with van der Waals surface area (Å²) in [6, 6.07) is 4.12. The molecule has 0 fully saturated rings. The number of pyridine rings is 1. The number of anilines is 1. The second kappa shape index (κ2) is 5.53. The highest BCUT2D eigenvalue weighted by Gasteiger charge is 2.07. The number of nitrogens with zero attached hydrogens (tertiary/aromatic N) is 4. The van der Waals surface area contributed by atoms with Crippen LogP contribution in [0.3, 0.4) is 0 Å². The molecule has 0 atom stereocenters. The summed E-state index contributed by atoms with van der Waals surface area (Å²) in [5.41, 5.74) is 4.32. The van der Waals surface area contributed by atoms with Gasteiger partial charge in [-0.1, -0.05) is 0 Å². The zero-order valence-electron chi connectivity index (χ0n) is 11.4.